The number of likely N-dealkylation sites (tertiary alicyclic amines) is 1. The van der Waals surface area contributed by atoms with Crippen LogP contribution in [0, 0.1) is 12.8 Å². The van der Waals surface area contributed by atoms with E-state index in [1.54, 1.807) is 0 Å². The Morgan fingerprint density at radius 1 is 1.21 bits per heavy atom. The average Bonchev–Trinajstić information content (AvgIpc) is 3.11. The molecule has 1 aliphatic rings. The van der Waals surface area contributed by atoms with Crippen LogP contribution in [0.1, 0.15) is 30.2 Å². The molecule has 1 unspecified atom stereocenters. The van der Waals surface area contributed by atoms with E-state index in [0.717, 1.165) is 54.9 Å². The van der Waals surface area contributed by atoms with Gasteiger partial charge in [-0.2, -0.15) is 4.98 Å². The molecule has 2 aromatic heterocycles. The number of β-amino-alcohol motifs (C(OH)–C–C–N with tert-alkyl or cyclic N) is 1. The van der Waals surface area contributed by atoms with Crippen molar-refractivity contribution in [3.05, 3.63) is 47.9 Å². The fourth-order valence-electron chi connectivity index (χ4n) is 4.04. The predicted octanol–water partition coefficient (Wildman–Crippen LogP) is 2.81. The molecule has 3 aromatic rings. The molecule has 1 atom stereocenters. The third kappa shape index (κ3) is 4.00. The lowest BCUT2D eigenvalue weighted by Gasteiger charge is -2.35. The molecule has 7 nitrogen and oxygen atoms in total. The van der Waals surface area contributed by atoms with Crippen LogP contribution in [-0.2, 0) is 0 Å². The van der Waals surface area contributed by atoms with Crippen molar-refractivity contribution in [2.75, 3.05) is 38.1 Å². The molecule has 1 N–H and O–H groups in total. The van der Waals surface area contributed by atoms with Gasteiger partial charge in [0, 0.05) is 20.1 Å². The molecular weight excluding hydrogens is 354 g/mol. The van der Waals surface area contributed by atoms with Crippen molar-refractivity contribution in [3.8, 4) is 0 Å². The van der Waals surface area contributed by atoms with Crippen LogP contribution in [0.15, 0.2) is 41.2 Å². The fraction of sp³-hybridized carbons (Fsp3) is 0.476. The molecule has 1 aliphatic heterocycles. The minimum atomic E-state index is -0.425. The summed E-state index contributed by atoms with van der Waals surface area (Å²) in [5, 5.41) is 15.4. The zero-order chi connectivity index (χ0) is 19.5. The normalized spacial score (nSPS) is 17.1. The fourth-order valence-corrected chi connectivity index (χ4v) is 4.04. The highest BCUT2D eigenvalue weighted by molar-refractivity contribution is 5.87. The predicted molar refractivity (Wildman–Crippen MR) is 108 cm³/mol. The first kappa shape index (κ1) is 18.8. The van der Waals surface area contributed by atoms with E-state index < -0.39 is 6.10 Å². The van der Waals surface area contributed by atoms with Gasteiger partial charge in [-0.25, -0.2) is 4.98 Å². The lowest BCUT2D eigenvalue weighted by Crippen LogP contribution is -2.39. The van der Waals surface area contributed by atoms with Gasteiger partial charge in [0.05, 0.1) is 11.8 Å². The molecule has 0 spiro atoms. The number of hydrogen-bond donors (Lipinski definition) is 1. The van der Waals surface area contributed by atoms with Crippen LogP contribution in [0.3, 0.4) is 0 Å². The average molecular weight is 381 g/mol. The van der Waals surface area contributed by atoms with Crippen LogP contribution in [0.5, 0.6) is 0 Å². The van der Waals surface area contributed by atoms with Crippen LogP contribution in [0.25, 0.3) is 11.1 Å². The summed E-state index contributed by atoms with van der Waals surface area (Å²) in [6.45, 7) is 5.57. The molecule has 1 fully saturated rings. The number of fused-ring (bicyclic) bond motifs is 1. The summed E-state index contributed by atoms with van der Waals surface area (Å²) in [6, 6.07) is 9.90. The Bertz CT molecular complexity index is 906. The Morgan fingerprint density at radius 3 is 2.71 bits per heavy atom. The third-order valence-corrected chi connectivity index (χ3v) is 5.64. The first-order valence-corrected chi connectivity index (χ1v) is 9.85. The number of nitrogens with zero attached hydrogens (tertiary/aromatic N) is 5. The third-order valence-electron chi connectivity index (χ3n) is 5.64. The summed E-state index contributed by atoms with van der Waals surface area (Å²) in [4.78, 5) is 13.2. The van der Waals surface area contributed by atoms with Crippen LogP contribution < -0.4 is 4.90 Å². The Labute approximate surface area is 165 Å². The second-order valence-corrected chi connectivity index (χ2v) is 7.70. The highest BCUT2D eigenvalue weighted by Crippen LogP contribution is 2.27. The molecule has 3 heterocycles. The Kier molecular flexibility index (Phi) is 5.54. The van der Waals surface area contributed by atoms with Gasteiger partial charge in [0.25, 0.3) is 5.71 Å². The van der Waals surface area contributed by atoms with Crippen LogP contribution >= 0.6 is 0 Å². The van der Waals surface area contributed by atoms with Crippen molar-refractivity contribution < 1.29 is 9.63 Å². The van der Waals surface area contributed by atoms with Crippen LogP contribution in [-0.4, -0.2) is 58.4 Å². The zero-order valence-corrected chi connectivity index (χ0v) is 16.5. The van der Waals surface area contributed by atoms with E-state index in [2.05, 4.69) is 32.0 Å². The van der Waals surface area contributed by atoms with Gasteiger partial charge in [-0.05, 0) is 44.3 Å². The van der Waals surface area contributed by atoms with E-state index in [1.165, 1.54) is 6.33 Å². The Balaban J connectivity index is 1.32. The van der Waals surface area contributed by atoms with Crippen LogP contribution in [0.4, 0.5) is 5.82 Å². The molecule has 1 aromatic carbocycles. The number of benzene rings is 1. The van der Waals surface area contributed by atoms with Gasteiger partial charge in [-0.15, -0.1) is 0 Å². The first-order valence-electron chi connectivity index (χ1n) is 9.85. The Morgan fingerprint density at radius 2 is 1.96 bits per heavy atom. The van der Waals surface area contributed by atoms with Gasteiger partial charge in [0.2, 0.25) is 0 Å². The highest BCUT2D eigenvalue weighted by atomic mass is 16.5. The van der Waals surface area contributed by atoms with E-state index >= 15 is 0 Å². The molecule has 0 saturated carbocycles. The summed E-state index contributed by atoms with van der Waals surface area (Å²) < 4.78 is 5.26. The Hall–Kier alpha value is -2.51. The maximum Gasteiger partial charge on any atom is 0.263 e. The van der Waals surface area contributed by atoms with E-state index in [-0.39, 0.29) is 0 Å². The molecule has 0 bridgehead atoms. The van der Waals surface area contributed by atoms with E-state index in [0.29, 0.717) is 18.2 Å². The maximum absolute atomic E-state index is 10.5. The number of anilines is 1. The SMILES string of the molecule is Cc1noc2ncnc(N(C)CC3CCN(CC(O)c4ccccc4)CC3)c12. The molecule has 7 heteroatoms. The number of piperidine rings is 1. The smallest absolute Gasteiger partial charge is 0.263 e. The molecular formula is C21H27N5O2. The number of hydrogen-bond acceptors (Lipinski definition) is 7. The summed E-state index contributed by atoms with van der Waals surface area (Å²) in [7, 11) is 2.07. The standard InChI is InChI=1S/C21H27N5O2/c1-15-19-20(22-14-23-21(19)28-24-15)25(2)12-16-8-10-26(11-9-16)13-18(27)17-6-4-3-5-7-17/h3-7,14,16,18,27H,8-13H2,1-2H3. The summed E-state index contributed by atoms with van der Waals surface area (Å²) >= 11 is 0. The molecule has 148 valence electrons. The number of aryl methyl sites for hydroxylation is 1. The van der Waals surface area contributed by atoms with Gasteiger partial charge in [-0.3, -0.25) is 0 Å². The van der Waals surface area contributed by atoms with Gasteiger partial charge in [-0.1, -0.05) is 35.5 Å². The molecule has 4 rings (SSSR count). The van der Waals surface area contributed by atoms with Crippen molar-refractivity contribution >= 4 is 16.9 Å². The van der Waals surface area contributed by atoms with E-state index in [9.17, 15) is 5.11 Å². The zero-order valence-electron chi connectivity index (χ0n) is 16.5. The van der Waals surface area contributed by atoms with Crippen molar-refractivity contribution in [2.45, 2.75) is 25.9 Å². The van der Waals surface area contributed by atoms with Crippen molar-refractivity contribution in [1.82, 2.24) is 20.0 Å². The van der Waals surface area contributed by atoms with Gasteiger partial charge < -0.3 is 19.4 Å². The monoisotopic (exact) mass is 381 g/mol. The second kappa shape index (κ2) is 8.24. The molecule has 28 heavy (non-hydrogen) atoms. The topological polar surface area (TPSA) is 78.5 Å². The van der Waals surface area contributed by atoms with E-state index in [4.69, 9.17) is 4.52 Å². The van der Waals surface area contributed by atoms with E-state index in [1.807, 2.05) is 37.3 Å². The van der Waals surface area contributed by atoms with Crippen molar-refractivity contribution in [1.29, 1.82) is 0 Å². The molecule has 0 radical (unpaired) electrons. The summed E-state index contributed by atoms with van der Waals surface area (Å²) in [5.74, 6) is 1.48. The van der Waals surface area contributed by atoms with Gasteiger partial charge in [0.1, 0.15) is 17.5 Å². The van der Waals surface area contributed by atoms with Gasteiger partial charge in [0.15, 0.2) is 0 Å². The largest absolute Gasteiger partial charge is 0.387 e. The number of aromatic nitrogens is 3. The minimum absolute atomic E-state index is 0.425. The lowest BCUT2D eigenvalue weighted by molar-refractivity contribution is 0.0902. The molecule has 0 amide bonds. The van der Waals surface area contributed by atoms with Crippen molar-refractivity contribution in [2.24, 2.45) is 5.92 Å². The maximum atomic E-state index is 10.5. The number of rotatable bonds is 6. The number of aliphatic hydroxyl groups excluding tert-OH is 1. The van der Waals surface area contributed by atoms with Crippen LogP contribution in [0.2, 0.25) is 0 Å². The number of aliphatic hydroxyl groups is 1. The lowest BCUT2D eigenvalue weighted by atomic mass is 9.95. The van der Waals surface area contributed by atoms with Crippen molar-refractivity contribution in [3.63, 3.8) is 0 Å². The van der Waals surface area contributed by atoms with Gasteiger partial charge >= 0.3 is 0 Å². The summed E-state index contributed by atoms with van der Waals surface area (Å²) in [5.41, 5.74) is 2.35. The quantitative estimate of drug-likeness (QED) is 0.703. The highest BCUT2D eigenvalue weighted by Gasteiger charge is 2.24. The second-order valence-electron chi connectivity index (χ2n) is 7.70. The minimum Gasteiger partial charge on any atom is -0.387 e. The summed E-state index contributed by atoms with van der Waals surface area (Å²) in [6.07, 6.45) is 3.34. The first-order chi connectivity index (χ1) is 13.6. The molecule has 1 saturated heterocycles. The molecule has 0 aliphatic carbocycles.